The van der Waals surface area contributed by atoms with Crippen LogP contribution in [0.1, 0.15) is 32.6 Å². The van der Waals surface area contributed by atoms with Crippen LogP contribution in [-0.4, -0.2) is 30.8 Å². The molecule has 1 unspecified atom stereocenters. The highest BCUT2D eigenvalue weighted by atomic mass is 35.5. The van der Waals surface area contributed by atoms with Crippen molar-refractivity contribution in [1.29, 1.82) is 5.41 Å². The van der Waals surface area contributed by atoms with Crippen LogP contribution in [0, 0.1) is 5.41 Å². The fourth-order valence-electron chi connectivity index (χ4n) is 2.52. The topological polar surface area (TPSA) is 91.0 Å². The van der Waals surface area contributed by atoms with E-state index in [1.54, 1.807) is 18.2 Å². The van der Waals surface area contributed by atoms with Crippen molar-refractivity contribution in [2.45, 2.75) is 38.6 Å². The highest BCUT2D eigenvalue weighted by molar-refractivity contribution is 6.37. The molecular weight excluding hydrogens is 407 g/mol. The molecule has 158 valence electrons. The monoisotopic (exact) mass is 436 g/mol. The number of amides is 1. The molecule has 0 radical (unpaired) electrons. The largest absolute Gasteiger partial charge is 0.381 e. The fraction of sp³-hybridized carbons (Fsp3) is 0.364. The molecule has 0 bridgehead atoms. The summed E-state index contributed by atoms with van der Waals surface area (Å²) in [5, 5.41) is 14.8. The lowest BCUT2D eigenvalue weighted by atomic mass is 10.1. The molecule has 2 aromatic rings. The third-order valence-corrected chi connectivity index (χ3v) is 4.56. The van der Waals surface area contributed by atoms with Crippen molar-refractivity contribution in [1.82, 2.24) is 5.32 Å². The Bertz CT molecular complexity index is 699. The van der Waals surface area contributed by atoms with Crippen LogP contribution in [0.15, 0.2) is 54.6 Å². The van der Waals surface area contributed by atoms with Gasteiger partial charge in [0, 0.05) is 17.5 Å². The number of carbonyl (C=O) groups is 1. The number of carbonyl (C=O) groups excluding carboxylic acids is 1. The average molecular weight is 437 g/mol. The van der Waals surface area contributed by atoms with E-state index in [0.717, 1.165) is 0 Å². The van der Waals surface area contributed by atoms with Gasteiger partial charge in [-0.25, -0.2) is 0 Å². The lowest BCUT2D eigenvalue weighted by Crippen LogP contribution is -2.28. The number of hydrogen-bond donors (Lipinski definition) is 4. The number of halogens is 2. The van der Waals surface area contributed by atoms with Crippen LogP contribution < -0.4 is 16.4 Å². The number of hydrogen-bond acceptors (Lipinski definition) is 4. The fourth-order valence-corrected chi connectivity index (χ4v) is 2.98. The number of rotatable bonds is 5. The van der Waals surface area contributed by atoms with E-state index in [4.69, 9.17) is 34.3 Å². The van der Waals surface area contributed by atoms with Crippen LogP contribution in [0.3, 0.4) is 0 Å². The van der Waals surface area contributed by atoms with E-state index in [-0.39, 0.29) is 18.2 Å². The molecule has 0 saturated carbocycles. The summed E-state index contributed by atoms with van der Waals surface area (Å²) in [6.07, 6.45) is 4.46. The van der Waals surface area contributed by atoms with Crippen LogP contribution >= 0.6 is 23.2 Å². The molecule has 1 amide bonds. The van der Waals surface area contributed by atoms with Gasteiger partial charge in [-0.1, -0.05) is 66.0 Å². The molecule has 5 N–H and O–H groups in total. The van der Waals surface area contributed by atoms with Gasteiger partial charge in [0.1, 0.15) is 0 Å². The Morgan fingerprint density at radius 3 is 2.03 bits per heavy atom. The predicted octanol–water partition coefficient (Wildman–Crippen LogP) is 5.14. The Hall–Kier alpha value is -2.08. The zero-order valence-electron chi connectivity index (χ0n) is 16.8. The van der Waals surface area contributed by atoms with E-state index in [0.29, 0.717) is 15.7 Å². The third-order valence-electron chi connectivity index (χ3n) is 4.01. The number of anilines is 1. The molecule has 1 saturated heterocycles. The standard InChI is InChI=1S/C11H13Cl2N3O.C6H6.C5H11N/c1-6(4-9(14)11(15)17)16-10-3-2-7(12)5-8(10)13;2*1-2-4-6-5-3-1/h2-3,5-6,14,16H,4H2,1H3,(H2,15,17);1-6H;6H,1-5H2. The first-order valence-corrected chi connectivity index (χ1v) is 10.4. The maximum absolute atomic E-state index is 10.7. The lowest BCUT2D eigenvalue weighted by Gasteiger charge is -2.16. The molecule has 0 aromatic heterocycles. The molecule has 1 aliphatic rings. The van der Waals surface area contributed by atoms with Crippen molar-refractivity contribution < 1.29 is 4.79 Å². The first kappa shape index (κ1) is 25.0. The normalized spacial score (nSPS) is 13.6. The summed E-state index contributed by atoms with van der Waals surface area (Å²) in [6, 6.07) is 17.0. The number of nitrogens with two attached hydrogens (primary N) is 1. The Labute approximate surface area is 183 Å². The molecule has 5 nitrogen and oxygen atoms in total. The minimum Gasteiger partial charge on any atom is -0.381 e. The van der Waals surface area contributed by atoms with Crippen molar-refractivity contribution in [2.75, 3.05) is 18.4 Å². The summed E-state index contributed by atoms with van der Waals surface area (Å²) in [7, 11) is 0. The summed E-state index contributed by atoms with van der Waals surface area (Å²) in [5.41, 5.74) is 5.59. The van der Waals surface area contributed by atoms with Gasteiger partial charge in [-0.2, -0.15) is 0 Å². The molecular formula is C22H30Cl2N4O. The van der Waals surface area contributed by atoms with Gasteiger partial charge in [0.05, 0.1) is 16.4 Å². The molecule has 3 rings (SSSR count). The molecule has 1 heterocycles. The predicted molar refractivity (Wildman–Crippen MR) is 124 cm³/mol. The first-order valence-electron chi connectivity index (χ1n) is 9.69. The SMILES string of the molecule is C1CCNCC1.CC(CC(=N)C(N)=O)Nc1ccc(Cl)cc1Cl.c1ccccc1. The van der Waals surface area contributed by atoms with Crippen LogP contribution in [-0.2, 0) is 4.79 Å². The lowest BCUT2D eigenvalue weighted by molar-refractivity contribution is -0.112. The van der Waals surface area contributed by atoms with Gasteiger partial charge in [-0.05, 0) is 51.1 Å². The summed E-state index contributed by atoms with van der Waals surface area (Å²) in [6.45, 7) is 4.34. The Kier molecular flexibility index (Phi) is 12.8. The van der Waals surface area contributed by atoms with Crippen LogP contribution in [0.25, 0.3) is 0 Å². The number of primary amides is 1. The molecule has 2 aromatic carbocycles. The third kappa shape index (κ3) is 12.2. The van der Waals surface area contributed by atoms with Crippen molar-refractivity contribution in [3.63, 3.8) is 0 Å². The smallest absolute Gasteiger partial charge is 0.262 e. The summed E-state index contributed by atoms with van der Waals surface area (Å²) < 4.78 is 0. The van der Waals surface area contributed by atoms with E-state index < -0.39 is 5.91 Å². The number of piperidine rings is 1. The quantitative estimate of drug-likeness (QED) is 0.489. The zero-order valence-corrected chi connectivity index (χ0v) is 18.3. The van der Waals surface area contributed by atoms with Gasteiger partial charge in [0.15, 0.2) is 0 Å². The zero-order chi connectivity index (χ0) is 21.5. The van der Waals surface area contributed by atoms with E-state index in [2.05, 4.69) is 10.6 Å². The second kappa shape index (κ2) is 14.9. The summed E-state index contributed by atoms with van der Waals surface area (Å²) >= 11 is 11.8. The van der Waals surface area contributed by atoms with Gasteiger partial charge in [-0.15, -0.1) is 0 Å². The maximum atomic E-state index is 10.7. The number of nitrogens with one attached hydrogen (secondary N) is 3. The first-order chi connectivity index (χ1) is 13.9. The van der Waals surface area contributed by atoms with Crippen LogP contribution in [0.5, 0.6) is 0 Å². The molecule has 7 heteroatoms. The van der Waals surface area contributed by atoms with Crippen LogP contribution in [0.2, 0.25) is 10.0 Å². The second-order valence-electron chi connectivity index (χ2n) is 6.68. The highest BCUT2D eigenvalue weighted by Gasteiger charge is 2.11. The Balaban J connectivity index is 0.000000281. The Morgan fingerprint density at radius 2 is 1.66 bits per heavy atom. The van der Waals surface area contributed by atoms with Gasteiger partial charge in [0.25, 0.3) is 5.91 Å². The molecule has 1 fully saturated rings. The van der Waals surface area contributed by atoms with Crippen LogP contribution in [0.4, 0.5) is 5.69 Å². The van der Waals surface area contributed by atoms with E-state index in [1.165, 1.54) is 32.4 Å². The van der Waals surface area contributed by atoms with Crippen molar-refractivity contribution in [3.8, 4) is 0 Å². The molecule has 29 heavy (non-hydrogen) atoms. The van der Waals surface area contributed by atoms with E-state index in [9.17, 15) is 4.79 Å². The molecule has 1 atom stereocenters. The van der Waals surface area contributed by atoms with E-state index in [1.807, 2.05) is 43.3 Å². The Morgan fingerprint density at radius 1 is 1.10 bits per heavy atom. The van der Waals surface area contributed by atoms with Gasteiger partial charge in [-0.3, -0.25) is 10.2 Å². The summed E-state index contributed by atoms with van der Waals surface area (Å²) in [5.74, 6) is -0.708. The maximum Gasteiger partial charge on any atom is 0.262 e. The number of benzene rings is 2. The second-order valence-corrected chi connectivity index (χ2v) is 7.53. The molecule has 1 aliphatic heterocycles. The minimum atomic E-state index is -0.708. The van der Waals surface area contributed by atoms with Crippen molar-refractivity contribution >= 4 is 40.5 Å². The van der Waals surface area contributed by atoms with Crippen molar-refractivity contribution in [2.24, 2.45) is 5.73 Å². The van der Waals surface area contributed by atoms with E-state index >= 15 is 0 Å². The highest BCUT2D eigenvalue weighted by Crippen LogP contribution is 2.26. The molecule has 0 spiro atoms. The summed E-state index contributed by atoms with van der Waals surface area (Å²) in [4.78, 5) is 10.7. The van der Waals surface area contributed by atoms with Crippen molar-refractivity contribution in [3.05, 3.63) is 64.6 Å². The van der Waals surface area contributed by atoms with Gasteiger partial charge < -0.3 is 16.4 Å². The molecule has 0 aliphatic carbocycles. The minimum absolute atomic E-state index is 0.116. The average Bonchev–Trinajstić information content (AvgIpc) is 2.73. The van der Waals surface area contributed by atoms with Gasteiger partial charge in [0.2, 0.25) is 0 Å². The van der Waals surface area contributed by atoms with Gasteiger partial charge >= 0.3 is 0 Å².